The van der Waals surface area contributed by atoms with Gasteiger partial charge in [0.15, 0.2) is 0 Å². The van der Waals surface area contributed by atoms with E-state index in [9.17, 15) is 22.0 Å². The lowest BCUT2D eigenvalue weighted by atomic mass is 9.68. The van der Waals surface area contributed by atoms with E-state index in [-0.39, 0.29) is 18.8 Å². The molecule has 184 valence electrons. The van der Waals surface area contributed by atoms with Crippen molar-refractivity contribution >= 4 is 0 Å². The van der Waals surface area contributed by atoms with Gasteiger partial charge in [0.2, 0.25) is 0 Å². The van der Waals surface area contributed by atoms with E-state index in [4.69, 9.17) is 0 Å². The highest BCUT2D eigenvalue weighted by Crippen LogP contribution is 2.47. The van der Waals surface area contributed by atoms with E-state index < -0.39 is 18.0 Å². The van der Waals surface area contributed by atoms with E-state index in [0.29, 0.717) is 18.8 Å². The number of hydrogen-bond donors (Lipinski definition) is 0. The Kier molecular flexibility index (Phi) is 9.33. The SMILES string of the molecule is CCCCCC1CCC(C2CCC(C#CC3CCC(C(F)(F)C(F)(F)F)CC3)CC2)CC1. The molecular formula is C27H41F5. The van der Waals surface area contributed by atoms with Gasteiger partial charge in [-0.05, 0) is 82.0 Å². The molecular weight excluding hydrogens is 419 g/mol. The van der Waals surface area contributed by atoms with Crippen LogP contribution in [0.4, 0.5) is 22.0 Å². The maximum Gasteiger partial charge on any atom is 0.453 e. The molecule has 3 aliphatic rings. The van der Waals surface area contributed by atoms with Crippen molar-refractivity contribution in [2.75, 3.05) is 0 Å². The highest BCUT2D eigenvalue weighted by molar-refractivity contribution is 5.09. The quantitative estimate of drug-likeness (QED) is 0.210. The van der Waals surface area contributed by atoms with E-state index in [0.717, 1.165) is 30.6 Å². The van der Waals surface area contributed by atoms with Crippen LogP contribution in [0.2, 0.25) is 0 Å². The largest absolute Gasteiger partial charge is 0.453 e. The standard InChI is InChI=1S/C27H41F5/c1-2-3-4-5-20-8-14-23(15-9-20)24-16-10-21(11-17-24)6-7-22-12-18-25(19-13-22)26(28,29)27(30,31)32/h20-25H,2-5,8-19H2,1H3. The number of rotatable bonds is 6. The molecule has 0 nitrogen and oxygen atoms in total. The van der Waals surface area contributed by atoms with Crippen LogP contribution >= 0.6 is 0 Å². The zero-order valence-electron chi connectivity index (χ0n) is 19.7. The maximum absolute atomic E-state index is 13.5. The number of halogens is 5. The predicted octanol–water partition coefficient (Wildman–Crippen LogP) is 9.19. The smallest absolute Gasteiger partial charge is 0.196 e. The van der Waals surface area contributed by atoms with Crippen molar-refractivity contribution in [1.29, 1.82) is 0 Å². The van der Waals surface area contributed by atoms with E-state index in [2.05, 4.69) is 18.8 Å². The summed E-state index contributed by atoms with van der Waals surface area (Å²) < 4.78 is 64.8. The molecule has 0 atom stereocenters. The Hall–Kier alpha value is -0.790. The Labute approximate surface area is 191 Å². The Bertz CT molecular complexity index is 604. The minimum atomic E-state index is -5.44. The molecule has 3 saturated carbocycles. The Morgan fingerprint density at radius 1 is 0.625 bits per heavy atom. The van der Waals surface area contributed by atoms with Gasteiger partial charge in [0.25, 0.3) is 0 Å². The molecule has 3 aliphatic carbocycles. The van der Waals surface area contributed by atoms with Gasteiger partial charge < -0.3 is 0 Å². The number of alkyl halides is 5. The first-order chi connectivity index (χ1) is 15.2. The van der Waals surface area contributed by atoms with Crippen molar-refractivity contribution < 1.29 is 22.0 Å². The van der Waals surface area contributed by atoms with Crippen molar-refractivity contribution in [3.63, 3.8) is 0 Å². The van der Waals surface area contributed by atoms with E-state index in [1.165, 1.54) is 64.2 Å². The first-order valence-electron chi connectivity index (χ1n) is 13.2. The van der Waals surface area contributed by atoms with Crippen molar-refractivity contribution in [2.24, 2.45) is 35.5 Å². The average molecular weight is 461 g/mol. The fourth-order valence-electron chi connectivity index (χ4n) is 6.43. The zero-order valence-corrected chi connectivity index (χ0v) is 19.7. The van der Waals surface area contributed by atoms with Gasteiger partial charge in [-0.15, -0.1) is 0 Å². The molecule has 0 aromatic carbocycles. The molecule has 0 spiro atoms. The molecule has 0 heterocycles. The van der Waals surface area contributed by atoms with Crippen LogP contribution in [0.5, 0.6) is 0 Å². The highest BCUT2D eigenvalue weighted by atomic mass is 19.4. The predicted molar refractivity (Wildman–Crippen MR) is 119 cm³/mol. The topological polar surface area (TPSA) is 0 Å². The average Bonchev–Trinajstić information content (AvgIpc) is 2.78. The molecule has 3 rings (SSSR count). The first-order valence-corrected chi connectivity index (χ1v) is 13.2. The molecule has 0 saturated heterocycles. The van der Waals surface area contributed by atoms with E-state index >= 15 is 0 Å². The molecule has 0 N–H and O–H groups in total. The van der Waals surface area contributed by atoms with Crippen LogP contribution in [0.1, 0.15) is 110 Å². The van der Waals surface area contributed by atoms with Gasteiger partial charge in [-0.1, -0.05) is 57.3 Å². The van der Waals surface area contributed by atoms with Crippen LogP contribution in [-0.2, 0) is 0 Å². The van der Waals surface area contributed by atoms with E-state index in [1.54, 1.807) is 0 Å². The first kappa shape index (κ1) is 25.8. The van der Waals surface area contributed by atoms with Gasteiger partial charge in [0.05, 0.1) is 0 Å². The second-order valence-corrected chi connectivity index (χ2v) is 10.8. The normalized spacial score (nSPS) is 34.6. The molecule has 32 heavy (non-hydrogen) atoms. The lowest BCUT2D eigenvalue weighted by Crippen LogP contribution is -2.44. The van der Waals surface area contributed by atoms with Gasteiger partial charge >= 0.3 is 12.1 Å². The summed E-state index contributed by atoms with van der Waals surface area (Å²) in [7, 11) is 0. The molecule has 0 aromatic heterocycles. The van der Waals surface area contributed by atoms with Crippen LogP contribution in [0, 0.1) is 47.3 Å². The van der Waals surface area contributed by atoms with Crippen molar-refractivity contribution in [1.82, 2.24) is 0 Å². The minimum absolute atomic E-state index is 0.0176. The van der Waals surface area contributed by atoms with Crippen LogP contribution in [0.25, 0.3) is 0 Å². The third-order valence-electron chi connectivity index (χ3n) is 8.66. The van der Waals surface area contributed by atoms with E-state index in [1.807, 2.05) is 0 Å². The number of unbranched alkanes of at least 4 members (excludes halogenated alkanes) is 2. The zero-order chi connectivity index (χ0) is 23.2. The summed E-state index contributed by atoms with van der Waals surface area (Å²) >= 11 is 0. The second kappa shape index (κ2) is 11.6. The van der Waals surface area contributed by atoms with Gasteiger partial charge in [-0.2, -0.15) is 22.0 Å². The fraction of sp³-hybridized carbons (Fsp3) is 0.926. The second-order valence-electron chi connectivity index (χ2n) is 10.8. The molecule has 5 heteroatoms. The van der Waals surface area contributed by atoms with Gasteiger partial charge in [0, 0.05) is 17.8 Å². The Balaban J connectivity index is 1.35. The third kappa shape index (κ3) is 6.86. The van der Waals surface area contributed by atoms with Crippen LogP contribution in [-0.4, -0.2) is 12.1 Å². The summed E-state index contributed by atoms with van der Waals surface area (Å²) in [6, 6.07) is 0. The van der Waals surface area contributed by atoms with Gasteiger partial charge in [-0.3, -0.25) is 0 Å². The summed E-state index contributed by atoms with van der Waals surface area (Å²) in [5.41, 5.74) is 0. The van der Waals surface area contributed by atoms with Crippen LogP contribution in [0.3, 0.4) is 0 Å². The van der Waals surface area contributed by atoms with Crippen molar-refractivity contribution in [3.05, 3.63) is 0 Å². The minimum Gasteiger partial charge on any atom is -0.196 e. The fourth-order valence-corrected chi connectivity index (χ4v) is 6.43. The third-order valence-corrected chi connectivity index (χ3v) is 8.66. The Morgan fingerprint density at radius 2 is 1.09 bits per heavy atom. The number of hydrogen-bond acceptors (Lipinski definition) is 0. The van der Waals surface area contributed by atoms with Crippen molar-refractivity contribution in [2.45, 2.75) is 122 Å². The maximum atomic E-state index is 13.5. The molecule has 0 radical (unpaired) electrons. The molecule has 0 bridgehead atoms. The molecule has 0 amide bonds. The monoisotopic (exact) mass is 460 g/mol. The summed E-state index contributed by atoms with van der Waals surface area (Å²) in [5.74, 6) is 3.51. The van der Waals surface area contributed by atoms with Crippen molar-refractivity contribution in [3.8, 4) is 11.8 Å². The van der Waals surface area contributed by atoms with Crippen LogP contribution < -0.4 is 0 Å². The highest BCUT2D eigenvalue weighted by Gasteiger charge is 2.62. The summed E-state index contributed by atoms with van der Waals surface area (Å²) in [4.78, 5) is 0. The summed E-state index contributed by atoms with van der Waals surface area (Å²) in [6.07, 6.45) is 10.9. The lowest BCUT2D eigenvalue weighted by molar-refractivity contribution is -0.305. The van der Waals surface area contributed by atoms with Crippen LogP contribution in [0.15, 0.2) is 0 Å². The van der Waals surface area contributed by atoms with Gasteiger partial charge in [0.1, 0.15) is 0 Å². The summed E-state index contributed by atoms with van der Waals surface area (Å²) in [5, 5.41) is 0. The molecule has 0 aliphatic heterocycles. The summed E-state index contributed by atoms with van der Waals surface area (Å²) in [6.45, 7) is 2.27. The van der Waals surface area contributed by atoms with Gasteiger partial charge in [-0.25, -0.2) is 0 Å². The molecule has 3 fully saturated rings. The molecule has 0 unspecified atom stereocenters. The Morgan fingerprint density at radius 3 is 1.56 bits per heavy atom. The lowest BCUT2D eigenvalue weighted by Gasteiger charge is -2.37. The molecule has 0 aromatic rings.